The predicted molar refractivity (Wildman–Crippen MR) is 86.2 cm³/mol. The molecule has 2 atom stereocenters. The Morgan fingerprint density at radius 3 is 2.24 bits per heavy atom. The predicted octanol–water partition coefficient (Wildman–Crippen LogP) is 4.15. The molecule has 0 aromatic heterocycles. The van der Waals surface area contributed by atoms with E-state index in [0.717, 1.165) is 45.1 Å². The largest absolute Gasteiger partial charge is 0.376 e. The summed E-state index contributed by atoms with van der Waals surface area (Å²) in [5.41, 5.74) is 0.170. The Labute approximate surface area is 130 Å². The second kappa shape index (κ2) is 7.13. The molecular formula is C18H33NO2. The summed E-state index contributed by atoms with van der Waals surface area (Å²) in [5.74, 6) is 0.397. The summed E-state index contributed by atoms with van der Waals surface area (Å²) in [6, 6.07) is 0.547. The van der Waals surface area contributed by atoms with Crippen LogP contribution in [-0.4, -0.2) is 35.6 Å². The maximum absolute atomic E-state index is 12.9. The van der Waals surface area contributed by atoms with Crippen LogP contribution in [0.5, 0.6) is 0 Å². The summed E-state index contributed by atoms with van der Waals surface area (Å²) < 4.78 is 5.91. The number of rotatable bonds is 7. The van der Waals surface area contributed by atoms with Crippen LogP contribution in [0.2, 0.25) is 0 Å². The normalized spacial score (nSPS) is 33.0. The van der Waals surface area contributed by atoms with Crippen LogP contribution in [0.1, 0.15) is 79.1 Å². The Balaban J connectivity index is 2.05. The summed E-state index contributed by atoms with van der Waals surface area (Å²) in [4.78, 5) is 15.0. The summed E-state index contributed by atoms with van der Waals surface area (Å²) in [6.45, 7) is 9.67. The zero-order chi connectivity index (χ0) is 15.5. The number of carbonyl (C=O) groups is 1. The minimum Gasteiger partial charge on any atom is -0.376 e. The van der Waals surface area contributed by atoms with Crippen LogP contribution in [0.25, 0.3) is 0 Å². The van der Waals surface area contributed by atoms with Crippen LogP contribution in [0.15, 0.2) is 0 Å². The molecule has 0 aromatic carbocycles. The molecule has 1 aliphatic carbocycles. The number of carbonyl (C=O) groups excluding carboxylic acids is 1. The van der Waals surface area contributed by atoms with Crippen molar-refractivity contribution >= 4 is 5.91 Å². The van der Waals surface area contributed by atoms with Gasteiger partial charge in [-0.3, -0.25) is 4.79 Å². The molecule has 0 radical (unpaired) electrons. The van der Waals surface area contributed by atoms with Gasteiger partial charge in [-0.1, -0.05) is 20.3 Å². The molecule has 3 nitrogen and oxygen atoms in total. The highest BCUT2D eigenvalue weighted by atomic mass is 16.5. The van der Waals surface area contributed by atoms with Crippen LogP contribution >= 0.6 is 0 Å². The van der Waals surface area contributed by atoms with Crippen molar-refractivity contribution in [3.8, 4) is 0 Å². The molecule has 1 saturated carbocycles. The molecule has 2 fully saturated rings. The maximum atomic E-state index is 12.9. The van der Waals surface area contributed by atoms with Gasteiger partial charge in [-0.25, -0.2) is 0 Å². The number of hydrogen-bond acceptors (Lipinski definition) is 2. The number of hydrogen-bond donors (Lipinski definition) is 0. The minimum absolute atomic E-state index is 0.170. The van der Waals surface area contributed by atoms with Crippen molar-refractivity contribution in [2.24, 2.45) is 5.41 Å². The Morgan fingerprint density at radius 2 is 1.76 bits per heavy atom. The Kier molecular flexibility index (Phi) is 5.70. The molecule has 0 spiro atoms. The van der Waals surface area contributed by atoms with E-state index in [0.29, 0.717) is 11.9 Å². The van der Waals surface area contributed by atoms with Crippen molar-refractivity contribution in [2.45, 2.75) is 97.3 Å². The van der Waals surface area contributed by atoms with E-state index in [1.54, 1.807) is 0 Å². The fourth-order valence-electron chi connectivity index (χ4n) is 4.32. The van der Waals surface area contributed by atoms with Crippen molar-refractivity contribution in [1.82, 2.24) is 4.90 Å². The lowest BCUT2D eigenvalue weighted by Gasteiger charge is -2.43. The van der Waals surface area contributed by atoms with E-state index in [1.165, 1.54) is 12.8 Å². The average molecular weight is 295 g/mol. The third-order valence-corrected chi connectivity index (χ3v) is 4.98. The standard InChI is InChI=1S/C18H33NO2/c1-5-9-18(11-14(3)21-15(4)12-18)13-17(20)19(10-6-2)16-7-8-16/h14-16H,5-13H2,1-4H3. The first-order chi connectivity index (χ1) is 9.99. The lowest BCUT2D eigenvalue weighted by molar-refractivity contribution is -0.141. The second-order valence-electron chi connectivity index (χ2n) is 7.41. The quantitative estimate of drug-likeness (QED) is 0.706. The highest BCUT2D eigenvalue weighted by Crippen LogP contribution is 2.44. The first kappa shape index (κ1) is 16.8. The molecule has 1 heterocycles. The molecule has 0 bridgehead atoms. The van der Waals surface area contributed by atoms with Gasteiger partial charge >= 0.3 is 0 Å². The van der Waals surface area contributed by atoms with Gasteiger partial charge in [-0.2, -0.15) is 0 Å². The molecule has 0 aromatic rings. The third kappa shape index (κ3) is 4.45. The molecule has 1 saturated heterocycles. The van der Waals surface area contributed by atoms with Gasteiger partial charge in [0.2, 0.25) is 5.91 Å². The van der Waals surface area contributed by atoms with Crippen molar-refractivity contribution in [3.63, 3.8) is 0 Å². The maximum Gasteiger partial charge on any atom is 0.223 e. The molecule has 0 N–H and O–H groups in total. The van der Waals surface area contributed by atoms with Crippen molar-refractivity contribution in [3.05, 3.63) is 0 Å². The average Bonchev–Trinajstić information content (AvgIpc) is 3.18. The first-order valence-corrected chi connectivity index (χ1v) is 8.94. The van der Waals surface area contributed by atoms with Crippen LogP contribution in [0.4, 0.5) is 0 Å². The van der Waals surface area contributed by atoms with Crippen molar-refractivity contribution in [1.29, 1.82) is 0 Å². The molecule has 3 heteroatoms. The molecule has 2 rings (SSSR count). The Morgan fingerprint density at radius 1 is 1.14 bits per heavy atom. The smallest absolute Gasteiger partial charge is 0.223 e. The van der Waals surface area contributed by atoms with E-state index in [-0.39, 0.29) is 17.6 Å². The van der Waals surface area contributed by atoms with Crippen LogP contribution in [0, 0.1) is 5.41 Å². The van der Waals surface area contributed by atoms with E-state index >= 15 is 0 Å². The van der Waals surface area contributed by atoms with E-state index in [4.69, 9.17) is 4.74 Å². The van der Waals surface area contributed by atoms with Gasteiger partial charge in [-0.15, -0.1) is 0 Å². The molecule has 2 aliphatic rings. The SMILES string of the molecule is CCCN(C(=O)CC1(CCC)CC(C)OC(C)C1)C1CC1. The van der Waals surface area contributed by atoms with Crippen LogP contribution < -0.4 is 0 Å². The monoisotopic (exact) mass is 295 g/mol. The van der Waals surface area contributed by atoms with E-state index < -0.39 is 0 Å². The summed E-state index contributed by atoms with van der Waals surface area (Å²) in [6.07, 6.45) is 9.19. The molecule has 1 amide bonds. The topological polar surface area (TPSA) is 29.5 Å². The number of amides is 1. The lowest BCUT2D eigenvalue weighted by Crippen LogP contribution is -2.43. The van der Waals surface area contributed by atoms with E-state index in [2.05, 4.69) is 32.6 Å². The summed E-state index contributed by atoms with van der Waals surface area (Å²) >= 11 is 0. The fraction of sp³-hybridized carbons (Fsp3) is 0.944. The zero-order valence-electron chi connectivity index (χ0n) is 14.4. The molecule has 21 heavy (non-hydrogen) atoms. The Bertz CT molecular complexity index is 341. The fourth-order valence-corrected chi connectivity index (χ4v) is 4.32. The van der Waals surface area contributed by atoms with E-state index in [9.17, 15) is 4.79 Å². The minimum atomic E-state index is 0.170. The van der Waals surface area contributed by atoms with Crippen LogP contribution in [0.3, 0.4) is 0 Å². The van der Waals surface area contributed by atoms with Gasteiger partial charge in [0, 0.05) is 19.0 Å². The molecular weight excluding hydrogens is 262 g/mol. The van der Waals surface area contributed by atoms with E-state index in [1.807, 2.05) is 0 Å². The second-order valence-corrected chi connectivity index (χ2v) is 7.41. The van der Waals surface area contributed by atoms with Gasteiger partial charge < -0.3 is 9.64 Å². The zero-order valence-corrected chi connectivity index (χ0v) is 14.4. The Hall–Kier alpha value is -0.570. The van der Waals surface area contributed by atoms with Gasteiger partial charge in [0.05, 0.1) is 12.2 Å². The molecule has 2 unspecified atom stereocenters. The van der Waals surface area contributed by atoms with Gasteiger partial charge in [-0.05, 0) is 57.8 Å². The van der Waals surface area contributed by atoms with Crippen molar-refractivity contribution < 1.29 is 9.53 Å². The van der Waals surface area contributed by atoms with Gasteiger partial charge in [0.15, 0.2) is 0 Å². The van der Waals surface area contributed by atoms with Crippen LogP contribution in [-0.2, 0) is 9.53 Å². The molecule has 1 aliphatic heterocycles. The number of nitrogens with zero attached hydrogens (tertiary/aromatic N) is 1. The van der Waals surface area contributed by atoms with Crippen molar-refractivity contribution in [2.75, 3.05) is 6.54 Å². The third-order valence-electron chi connectivity index (χ3n) is 4.98. The first-order valence-electron chi connectivity index (χ1n) is 8.94. The molecule has 122 valence electrons. The van der Waals surface area contributed by atoms with Gasteiger partial charge in [0.25, 0.3) is 0 Å². The highest BCUT2D eigenvalue weighted by molar-refractivity contribution is 5.77. The van der Waals surface area contributed by atoms with Gasteiger partial charge in [0.1, 0.15) is 0 Å². The lowest BCUT2D eigenvalue weighted by atomic mass is 9.70. The summed E-state index contributed by atoms with van der Waals surface area (Å²) in [5, 5.41) is 0. The highest BCUT2D eigenvalue weighted by Gasteiger charge is 2.42. The number of ether oxygens (including phenoxy) is 1. The summed E-state index contributed by atoms with van der Waals surface area (Å²) in [7, 11) is 0.